The number of benzene rings is 1. The number of halogens is 1. The number of ether oxygens (including phenoxy) is 1. The SMILES string of the molecule is CCOC(=O)c1cc2cc(NC(=O)c3cncc(Br)c3)ccc2s1. The quantitative estimate of drug-likeness (QED) is 0.650. The van der Waals surface area contributed by atoms with Crippen LogP contribution in [0, 0.1) is 0 Å². The predicted octanol–water partition coefficient (Wildman–Crippen LogP) is 4.49. The van der Waals surface area contributed by atoms with Gasteiger partial charge in [-0.2, -0.15) is 0 Å². The van der Waals surface area contributed by atoms with Gasteiger partial charge in [0.15, 0.2) is 0 Å². The lowest BCUT2D eigenvalue weighted by molar-refractivity contribution is 0.0532. The van der Waals surface area contributed by atoms with E-state index in [9.17, 15) is 9.59 Å². The van der Waals surface area contributed by atoms with E-state index in [1.165, 1.54) is 17.5 Å². The number of pyridine rings is 1. The molecule has 0 spiro atoms. The second-order valence-electron chi connectivity index (χ2n) is 4.93. The summed E-state index contributed by atoms with van der Waals surface area (Å²) < 4.78 is 6.71. The van der Waals surface area contributed by atoms with Crippen molar-refractivity contribution < 1.29 is 14.3 Å². The zero-order valence-corrected chi connectivity index (χ0v) is 15.1. The first kappa shape index (κ1) is 16.6. The number of aromatic nitrogens is 1. The molecule has 3 rings (SSSR count). The van der Waals surface area contributed by atoms with Crippen molar-refractivity contribution in [3.05, 3.63) is 57.6 Å². The van der Waals surface area contributed by atoms with Crippen molar-refractivity contribution in [1.82, 2.24) is 4.98 Å². The molecule has 0 aliphatic rings. The highest BCUT2D eigenvalue weighted by atomic mass is 79.9. The molecule has 0 fully saturated rings. The summed E-state index contributed by atoms with van der Waals surface area (Å²) in [5, 5.41) is 3.71. The first-order chi connectivity index (χ1) is 11.6. The van der Waals surface area contributed by atoms with Crippen LogP contribution in [0.2, 0.25) is 0 Å². The summed E-state index contributed by atoms with van der Waals surface area (Å²) in [6.45, 7) is 2.12. The third-order valence-corrected chi connectivity index (χ3v) is 4.75. The van der Waals surface area contributed by atoms with Gasteiger partial charge in [-0.05, 0) is 58.6 Å². The molecule has 122 valence electrons. The Morgan fingerprint density at radius 2 is 2.08 bits per heavy atom. The maximum atomic E-state index is 12.3. The number of thiophene rings is 1. The Hall–Kier alpha value is -2.25. The van der Waals surface area contributed by atoms with Crippen LogP contribution in [0.3, 0.4) is 0 Å². The molecule has 0 aliphatic carbocycles. The van der Waals surface area contributed by atoms with E-state index in [1.54, 1.807) is 31.3 Å². The molecule has 0 atom stereocenters. The average molecular weight is 405 g/mol. The van der Waals surface area contributed by atoms with Crippen LogP contribution >= 0.6 is 27.3 Å². The normalized spacial score (nSPS) is 10.6. The van der Waals surface area contributed by atoms with Crippen molar-refractivity contribution in [1.29, 1.82) is 0 Å². The van der Waals surface area contributed by atoms with E-state index in [-0.39, 0.29) is 11.9 Å². The fourth-order valence-corrected chi connectivity index (χ4v) is 3.46. The first-order valence-electron chi connectivity index (χ1n) is 7.19. The van der Waals surface area contributed by atoms with Gasteiger partial charge in [-0.1, -0.05) is 0 Å². The lowest BCUT2D eigenvalue weighted by Gasteiger charge is -2.05. The minimum atomic E-state index is -0.329. The van der Waals surface area contributed by atoms with Gasteiger partial charge in [0.1, 0.15) is 4.88 Å². The largest absolute Gasteiger partial charge is 0.462 e. The summed E-state index contributed by atoms with van der Waals surface area (Å²) in [5.74, 6) is -0.575. The topological polar surface area (TPSA) is 68.3 Å². The summed E-state index contributed by atoms with van der Waals surface area (Å²) in [6, 6.07) is 8.98. The molecular formula is C17H13BrN2O3S. The second kappa shape index (κ2) is 7.11. The Morgan fingerprint density at radius 1 is 1.25 bits per heavy atom. The van der Waals surface area contributed by atoms with Crippen LogP contribution in [0.25, 0.3) is 10.1 Å². The molecule has 1 aromatic carbocycles. The molecule has 3 aromatic rings. The van der Waals surface area contributed by atoms with Crippen LogP contribution in [0.5, 0.6) is 0 Å². The summed E-state index contributed by atoms with van der Waals surface area (Å²) in [4.78, 5) is 28.6. The van der Waals surface area contributed by atoms with Gasteiger partial charge in [0.05, 0.1) is 12.2 Å². The van der Waals surface area contributed by atoms with Crippen molar-refractivity contribution in [2.24, 2.45) is 0 Å². The van der Waals surface area contributed by atoms with E-state index < -0.39 is 0 Å². The van der Waals surface area contributed by atoms with Gasteiger partial charge < -0.3 is 10.1 Å². The van der Waals surface area contributed by atoms with Gasteiger partial charge in [0.2, 0.25) is 0 Å². The van der Waals surface area contributed by atoms with Gasteiger partial charge in [0, 0.05) is 27.3 Å². The van der Waals surface area contributed by atoms with Crippen molar-refractivity contribution >= 4 is 54.9 Å². The molecule has 0 saturated carbocycles. The molecule has 1 N–H and O–H groups in total. The Morgan fingerprint density at radius 3 is 2.83 bits per heavy atom. The molecule has 5 nitrogen and oxygen atoms in total. The lowest BCUT2D eigenvalue weighted by Crippen LogP contribution is -2.12. The van der Waals surface area contributed by atoms with E-state index in [2.05, 4.69) is 26.2 Å². The highest BCUT2D eigenvalue weighted by Gasteiger charge is 2.12. The minimum absolute atomic E-state index is 0.246. The van der Waals surface area contributed by atoms with Crippen LogP contribution in [-0.2, 0) is 4.74 Å². The third kappa shape index (κ3) is 3.63. The van der Waals surface area contributed by atoms with Gasteiger partial charge in [-0.15, -0.1) is 11.3 Å². The number of amides is 1. The molecule has 7 heteroatoms. The number of esters is 1. The first-order valence-corrected chi connectivity index (χ1v) is 8.80. The second-order valence-corrected chi connectivity index (χ2v) is 6.93. The van der Waals surface area contributed by atoms with E-state index in [0.717, 1.165) is 14.6 Å². The maximum absolute atomic E-state index is 12.3. The summed E-state index contributed by atoms with van der Waals surface area (Å²) in [5.41, 5.74) is 1.11. The Labute approximate surface area is 150 Å². The van der Waals surface area contributed by atoms with Crippen LogP contribution < -0.4 is 5.32 Å². The molecule has 1 amide bonds. The maximum Gasteiger partial charge on any atom is 0.348 e. The van der Waals surface area contributed by atoms with E-state index in [0.29, 0.717) is 22.7 Å². The van der Waals surface area contributed by atoms with E-state index >= 15 is 0 Å². The Balaban J connectivity index is 1.83. The minimum Gasteiger partial charge on any atom is -0.462 e. The van der Waals surface area contributed by atoms with Gasteiger partial charge >= 0.3 is 5.97 Å². The number of fused-ring (bicyclic) bond motifs is 1. The number of nitrogens with one attached hydrogen (secondary N) is 1. The number of hydrogen-bond acceptors (Lipinski definition) is 5. The highest BCUT2D eigenvalue weighted by molar-refractivity contribution is 9.10. The molecule has 0 aliphatic heterocycles. The summed E-state index contributed by atoms with van der Waals surface area (Å²) >= 11 is 4.66. The van der Waals surface area contributed by atoms with E-state index in [4.69, 9.17) is 4.74 Å². The van der Waals surface area contributed by atoms with Crippen molar-refractivity contribution in [2.75, 3.05) is 11.9 Å². The zero-order valence-electron chi connectivity index (χ0n) is 12.7. The van der Waals surface area contributed by atoms with Gasteiger partial charge in [-0.3, -0.25) is 9.78 Å². The fourth-order valence-electron chi connectivity index (χ4n) is 2.16. The summed E-state index contributed by atoms with van der Waals surface area (Å²) in [6.07, 6.45) is 3.12. The van der Waals surface area contributed by atoms with Crippen molar-refractivity contribution in [3.8, 4) is 0 Å². The number of hydrogen-bond donors (Lipinski definition) is 1. The summed E-state index contributed by atoms with van der Waals surface area (Å²) in [7, 11) is 0. The van der Waals surface area contributed by atoms with Crippen molar-refractivity contribution in [2.45, 2.75) is 6.92 Å². The fraction of sp³-hybridized carbons (Fsp3) is 0.118. The molecular weight excluding hydrogens is 392 g/mol. The monoisotopic (exact) mass is 404 g/mol. The molecule has 0 saturated heterocycles. The number of carbonyl (C=O) groups excluding carboxylic acids is 2. The van der Waals surface area contributed by atoms with Gasteiger partial charge in [-0.25, -0.2) is 4.79 Å². The Bertz CT molecular complexity index is 923. The standard InChI is InChI=1S/C17H13BrN2O3S/c1-2-23-17(22)15-7-10-6-13(3-4-14(10)24-15)20-16(21)11-5-12(18)9-19-8-11/h3-9H,2H2,1H3,(H,20,21). The number of anilines is 1. The molecule has 0 unspecified atom stereocenters. The average Bonchev–Trinajstić information content (AvgIpc) is 2.98. The highest BCUT2D eigenvalue weighted by Crippen LogP contribution is 2.29. The molecule has 24 heavy (non-hydrogen) atoms. The predicted molar refractivity (Wildman–Crippen MR) is 97.7 cm³/mol. The third-order valence-electron chi connectivity index (χ3n) is 3.22. The molecule has 0 bridgehead atoms. The lowest BCUT2D eigenvalue weighted by atomic mass is 10.2. The number of nitrogens with zero attached hydrogens (tertiary/aromatic N) is 1. The number of rotatable bonds is 4. The van der Waals surface area contributed by atoms with Crippen LogP contribution in [-0.4, -0.2) is 23.5 Å². The zero-order chi connectivity index (χ0) is 17.1. The number of carbonyl (C=O) groups is 2. The molecule has 2 heterocycles. The van der Waals surface area contributed by atoms with Crippen LogP contribution in [0.1, 0.15) is 27.0 Å². The van der Waals surface area contributed by atoms with Crippen molar-refractivity contribution in [3.63, 3.8) is 0 Å². The Kier molecular flexibility index (Phi) is 4.92. The van der Waals surface area contributed by atoms with Crippen LogP contribution in [0.15, 0.2) is 47.2 Å². The smallest absolute Gasteiger partial charge is 0.348 e. The molecule has 2 aromatic heterocycles. The van der Waals surface area contributed by atoms with Gasteiger partial charge in [0.25, 0.3) is 5.91 Å². The van der Waals surface area contributed by atoms with Crippen LogP contribution in [0.4, 0.5) is 5.69 Å². The van der Waals surface area contributed by atoms with E-state index in [1.807, 2.05) is 12.1 Å². The molecule has 0 radical (unpaired) electrons.